The second-order valence-electron chi connectivity index (χ2n) is 7.14. The van der Waals surface area contributed by atoms with Crippen molar-refractivity contribution in [2.24, 2.45) is 11.8 Å². The van der Waals surface area contributed by atoms with Gasteiger partial charge in [-0.15, -0.1) is 0 Å². The maximum Gasteiger partial charge on any atom is 0.227 e. The van der Waals surface area contributed by atoms with Crippen LogP contribution in [0.25, 0.3) is 0 Å². The van der Waals surface area contributed by atoms with Gasteiger partial charge in [0.25, 0.3) is 0 Å². The molecule has 0 aliphatic carbocycles. The molecule has 1 aromatic rings. The molecule has 0 saturated carbocycles. The van der Waals surface area contributed by atoms with Crippen LogP contribution in [-0.2, 0) is 9.59 Å². The van der Waals surface area contributed by atoms with E-state index in [2.05, 4.69) is 20.5 Å². The molecule has 2 aliphatic heterocycles. The largest absolute Gasteiger partial charge is 0.359 e. The van der Waals surface area contributed by atoms with E-state index in [0.29, 0.717) is 29.9 Å². The van der Waals surface area contributed by atoms with Crippen molar-refractivity contribution in [2.45, 2.75) is 25.7 Å². The number of hydrogen-bond donors (Lipinski definition) is 2. The molecule has 2 fully saturated rings. The lowest BCUT2D eigenvalue weighted by Crippen LogP contribution is -2.44. The number of nitrogens with one attached hydrogen (secondary N) is 2. The fraction of sp³-hybridized carbons (Fsp3) is 0.667. The lowest BCUT2D eigenvalue weighted by molar-refractivity contribution is -0.125. The number of halogens is 1. The van der Waals surface area contributed by atoms with Gasteiger partial charge >= 0.3 is 0 Å². The van der Waals surface area contributed by atoms with Crippen molar-refractivity contribution < 1.29 is 9.59 Å². The van der Waals surface area contributed by atoms with Crippen LogP contribution in [0.3, 0.4) is 0 Å². The Labute approximate surface area is 164 Å². The first kappa shape index (κ1) is 19.7. The number of aromatic nitrogens is 2. The monoisotopic (exact) mass is 394 g/mol. The number of nitrogens with zero attached hydrogens (tertiary/aromatic N) is 4. The zero-order valence-electron chi connectivity index (χ0n) is 15.9. The highest BCUT2D eigenvalue weighted by molar-refractivity contribution is 6.32. The minimum atomic E-state index is -0.0640. The average molecular weight is 395 g/mol. The van der Waals surface area contributed by atoms with Crippen molar-refractivity contribution in [3.63, 3.8) is 0 Å². The Morgan fingerprint density at radius 3 is 2.19 bits per heavy atom. The van der Waals surface area contributed by atoms with Crippen LogP contribution < -0.4 is 20.4 Å². The van der Waals surface area contributed by atoms with Crippen LogP contribution in [0, 0.1) is 11.8 Å². The van der Waals surface area contributed by atoms with Gasteiger partial charge in [-0.2, -0.15) is 4.98 Å². The van der Waals surface area contributed by atoms with Crippen molar-refractivity contribution in [2.75, 3.05) is 50.1 Å². The molecule has 0 spiro atoms. The predicted octanol–water partition coefficient (Wildman–Crippen LogP) is 1.05. The van der Waals surface area contributed by atoms with E-state index in [1.165, 1.54) is 0 Å². The lowest BCUT2D eigenvalue weighted by atomic mass is 9.97. The van der Waals surface area contributed by atoms with Crippen LogP contribution in [-0.4, -0.2) is 62.1 Å². The van der Waals surface area contributed by atoms with Crippen molar-refractivity contribution in [1.29, 1.82) is 0 Å². The minimum absolute atomic E-state index is 0.0505. The molecular weight excluding hydrogens is 368 g/mol. The number of carbonyl (C=O) groups is 2. The predicted molar refractivity (Wildman–Crippen MR) is 105 cm³/mol. The second kappa shape index (κ2) is 8.73. The molecular formula is C18H27ClN6O2. The molecule has 2 amide bonds. The van der Waals surface area contributed by atoms with Gasteiger partial charge in [0.1, 0.15) is 5.02 Å². The van der Waals surface area contributed by atoms with Gasteiger partial charge in [-0.25, -0.2) is 4.98 Å². The maximum atomic E-state index is 12.0. The zero-order valence-corrected chi connectivity index (χ0v) is 16.6. The van der Waals surface area contributed by atoms with Gasteiger partial charge in [-0.3, -0.25) is 9.59 Å². The van der Waals surface area contributed by atoms with Gasteiger partial charge in [-0.1, -0.05) is 11.6 Å². The Morgan fingerprint density at radius 1 is 1.04 bits per heavy atom. The topological polar surface area (TPSA) is 90.5 Å². The molecule has 0 bridgehead atoms. The summed E-state index contributed by atoms with van der Waals surface area (Å²) >= 11 is 6.38. The summed E-state index contributed by atoms with van der Waals surface area (Å²) in [6.07, 6.45) is 5.19. The molecule has 9 heteroatoms. The normalized spacial score (nSPS) is 23.1. The Morgan fingerprint density at radius 2 is 1.59 bits per heavy atom. The molecule has 148 valence electrons. The molecule has 3 heterocycles. The quantitative estimate of drug-likeness (QED) is 0.793. The number of carbonyl (C=O) groups excluding carboxylic acids is 2. The van der Waals surface area contributed by atoms with E-state index in [4.69, 9.17) is 16.6 Å². The maximum absolute atomic E-state index is 12.0. The molecule has 2 unspecified atom stereocenters. The molecule has 3 rings (SSSR count). The van der Waals surface area contributed by atoms with Crippen molar-refractivity contribution in [1.82, 2.24) is 20.6 Å². The van der Waals surface area contributed by atoms with Crippen LogP contribution in [0.2, 0.25) is 5.02 Å². The summed E-state index contributed by atoms with van der Waals surface area (Å²) in [6, 6.07) is 0. The van der Waals surface area contributed by atoms with Crippen molar-refractivity contribution >= 4 is 35.2 Å². The summed E-state index contributed by atoms with van der Waals surface area (Å²) in [5.41, 5.74) is 0. The number of rotatable bonds is 4. The van der Waals surface area contributed by atoms with Gasteiger partial charge in [0, 0.05) is 40.3 Å². The molecule has 2 aliphatic rings. The Hall–Kier alpha value is -2.09. The van der Waals surface area contributed by atoms with Crippen molar-refractivity contribution in [3.05, 3.63) is 11.2 Å². The first-order valence-electron chi connectivity index (χ1n) is 9.49. The number of anilines is 2. The Kier molecular flexibility index (Phi) is 6.36. The second-order valence-corrected chi connectivity index (χ2v) is 7.55. The molecule has 8 nitrogen and oxygen atoms in total. The van der Waals surface area contributed by atoms with E-state index in [1.54, 1.807) is 20.3 Å². The minimum Gasteiger partial charge on any atom is -0.359 e. The highest BCUT2D eigenvalue weighted by Gasteiger charge is 2.29. The summed E-state index contributed by atoms with van der Waals surface area (Å²) in [4.78, 5) is 37.2. The van der Waals surface area contributed by atoms with Crippen LogP contribution >= 0.6 is 11.6 Å². The van der Waals surface area contributed by atoms with Gasteiger partial charge in [0.05, 0.1) is 18.0 Å². The van der Waals surface area contributed by atoms with Gasteiger partial charge in [-0.05, 0) is 25.7 Å². The van der Waals surface area contributed by atoms with Gasteiger partial charge < -0.3 is 20.4 Å². The van der Waals surface area contributed by atoms with E-state index >= 15 is 0 Å². The zero-order chi connectivity index (χ0) is 19.4. The van der Waals surface area contributed by atoms with E-state index in [0.717, 1.165) is 38.8 Å². The number of amides is 2. The highest BCUT2D eigenvalue weighted by Crippen LogP contribution is 2.30. The van der Waals surface area contributed by atoms with E-state index in [9.17, 15) is 9.59 Å². The van der Waals surface area contributed by atoms with Crippen LogP contribution in [0.4, 0.5) is 11.8 Å². The Bertz CT molecular complexity index is 700. The fourth-order valence-corrected chi connectivity index (χ4v) is 4.10. The van der Waals surface area contributed by atoms with Gasteiger partial charge in [0.2, 0.25) is 17.8 Å². The van der Waals surface area contributed by atoms with E-state index < -0.39 is 0 Å². The summed E-state index contributed by atoms with van der Waals surface area (Å²) in [7, 11) is 3.33. The van der Waals surface area contributed by atoms with E-state index in [1.807, 2.05) is 4.90 Å². The van der Waals surface area contributed by atoms with Gasteiger partial charge in [0.15, 0.2) is 5.82 Å². The van der Waals surface area contributed by atoms with Crippen LogP contribution in [0.15, 0.2) is 6.20 Å². The lowest BCUT2D eigenvalue weighted by Gasteiger charge is -2.35. The molecule has 2 N–H and O–H groups in total. The average Bonchev–Trinajstić information content (AvgIpc) is 2.73. The molecule has 0 radical (unpaired) electrons. The fourth-order valence-electron chi connectivity index (χ4n) is 3.89. The van der Waals surface area contributed by atoms with Crippen molar-refractivity contribution in [3.8, 4) is 0 Å². The van der Waals surface area contributed by atoms with E-state index in [-0.39, 0.29) is 23.7 Å². The SMILES string of the molecule is CNC(=O)C1CCCN(c2ncc(Cl)c(N3CCCC(C(=O)NC)C3)n2)C1. The third kappa shape index (κ3) is 4.43. The smallest absolute Gasteiger partial charge is 0.227 e. The first-order valence-corrected chi connectivity index (χ1v) is 9.87. The molecule has 0 aromatic carbocycles. The van der Waals surface area contributed by atoms with Crippen LogP contribution in [0.1, 0.15) is 25.7 Å². The molecule has 2 saturated heterocycles. The Balaban J connectivity index is 1.78. The number of hydrogen-bond acceptors (Lipinski definition) is 6. The summed E-state index contributed by atoms with van der Waals surface area (Å²) in [6.45, 7) is 2.82. The summed E-state index contributed by atoms with van der Waals surface area (Å²) in [5, 5.41) is 5.94. The highest BCUT2D eigenvalue weighted by atomic mass is 35.5. The summed E-state index contributed by atoms with van der Waals surface area (Å²) < 4.78 is 0. The summed E-state index contributed by atoms with van der Waals surface area (Å²) in [5.74, 6) is 1.24. The third-order valence-electron chi connectivity index (χ3n) is 5.37. The number of piperidine rings is 2. The van der Waals surface area contributed by atoms with Crippen LogP contribution in [0.5, 0.6) is 0 Å². The molecule has 2 atom stereocenters. The third-order valence-corrected chi connectivity index (χ3v) is 5.64. The standard InChI is InChI=1S/C18H27ClN6O2/c1-20-16(26)12-5-3-7-24(10-12)15-14(19)9-22-18(23-15)25-8-4-6-13(11-25)17(27)21-2/h9,12-13H,3-8,10-11H2,1-2H3,(H,20,26)(H,21,27). The molecule has 27 heavy (non-hydrogen) atoms. The first-order chi connectivity index (χ1) is 13.0. The molecule has 1 aromatic heterocycles.